The first-order chi connectivity index (χ1) is 9.08. The van der Waals surface area contributed by atoms with Crippen molar-refractivity contribution in [1.82, 2.24) is 9.97 Å². The van der Waals surface area contributed by atoms with Crippen LogP contribution in [-0.4, -0.2) is 15.9 Å². The van der Waals surface area contributed by atoms with Crippen molar-refractivity contribution in [3.63, 3.8) is 0 Å². The molecule has 0 spiro atoms. The van der Waals surface area contributed by atoms with Gasteiger partial charge in [-0.25, -0.2) is 14.8 Å². The maximum absolute atomic E-state index is 12.0. The first-order valence-electron chi connectivity index (χ1n) is 5.56. The first-order valence-corrected chi connectivity index (χ1v) is 6.36. The van der Waals surface area contributed by atoms with E-state index in [0.29, 0.717) is 22.6 Å². The van der Waals surface area contributed by atoms with E-state index in [1.54, 1.807) is 37.5 Å². The normalized spacial score (nSPS) is 10.2. The predicted molar refractivity (Wildman–Crippen MR) is 74.4 cm³/mol. The van der Waals surface area contributed by atoms with E-state index in [4.69, 9.17) is 10.5 Å². The lowest BCUT2D eigenvalue weighted by molar-refractivity contribution is 0.0461. The van der Waals surface area contributed by atoms with Gasteiger partial charge in [-0.2, -0.15) is 0 Å². The number of anilines is 1. The summed E-state index contributed by atoms with van der Waals surface area (Å²) in [5.74, 6) is 0.00873. The third-order valence-electron chi connectivity index (χ3n) is 2.58. The highest BCUT2D eigenvalue weighted by molar-refractivity contribution is 9.10. The lowest BCUT2D eigenvalue weighted by Gasteiger charge is -2.09. The van der Waals surface area contributed by atoms with Gasteiger partial charge in [-0.15, -0.1) is 0 Å². The summed E-state index contributed by atoms with van der Waals surface area (Å²) in [4.78, 5) is 19.9. The number of aromatic nitrogens is 2. The Balaban J connectivity index is 2.13. The van der Waals surface area contributed by atoms with E-state index in [9.17, 15) is 4.79 Å². The van der Waals surface area contributed by atoms with Crippen LogP contribution in [-0.2, 0) is 11.3 Å². The summed E-state index contributed by atoms with van der Waals surface area (Å²) in [6, 6.07) is 5.12. The van der Waals surface area contributed by atoms with Crippen LogP contribution >= 0.6 is 15.9 Å². The summed E-state index contributed by atoms with van der Waals surface area (Å²) in [7, 11) is 0. The zero-order chi connectivity index (χ0) is 13.8. The number of hydrogen-bond donors (Lipinski definition) is 1. The number of nitrogens with two attached hydrogens (primary N) is 1. The van der Waals surface area contributed by atoms with Crippen LogP contribution in [0.5, 0.6) is 0 Å². The molecule has 1 aromatic carbocycles. The number of nitrogen functional groups attached to an aromatic ring is 1. The molecule has 0 radical (unpaired) electrons. The summed E-state index contributed by atoms with van der Waals surface area (Å²) in [6.45, 7) is 1.81. The first kappa shape index (κ1) is 13.5. The molecule has 1 heterocycles. The molecule has 19 heavy (non-hydrogen) atoms. The number of carbonyl (C=O) groups excluding carboxylic acids is 1. The number of benzene rings is 1. The lowest BCUT2D eigenvalue weighted by Crippen LogP contribution is -2.10. The molecule has 0 saturated carbocycles. The minimum atomic E-state index is -0.446. The van der Waals surface area contributed by atoms with Gasteiger partial charge in [0.25, 0.3) is 0 Å². The summed E-state index contributed by atoms with van der Waals surface area (Å²) >= 11 is 3.30. The Kier molecular flexibility index (Phi) is 4.11. The van der Waals surface area contributed by atoms with E-state index in [0.717, 1.165) is 4.47 Å². The van der Waals surface area contributed by atoms with Gasteiger partial charge in [-0.1, -0.05) is 15.9 Å². The highest BCUT2D eigenvalue weighted by atomic mass is 79.9. The lowest BCUT2D eigenvalue weighted by atomic mass is 10.1. The van der Waals surface area contributed by atoms with Gasteiger partial charge in [0.2, 0.25) is 0 Å². The molecule has 0 aliphatic heterocycles. The van der Waals surface area contributed by atoms with Crippen molar-refractivity contribution in [1.29, 1.82) is 0 Å². The summed E-state index contributed by atoms with van der Waals surface area (Å²) < 4.78 is 5.90. The molecule has 1 aromatic heterocycles. The molecular weight excluding hydrogens is 310 g/mol. The zero-order valence-electron chi connectivity index (χ0n) is 10.3. The van der Waals surface area contributed by atoms with Crippen LogP contribution in [0.3, 0.4) is 0 Å². The van der Waals surface area contributed by atoms with Gasteiger partial charge in [-0.3, -0.25) is 0 Å². The average molecular weight is 322 g/mol. The number of rotatable bonds is 3. The van der Waals surface area contributed by atoms with Crippen LogP contribution in [0.4, 0.5) is 5.69 Å². The Hall–Kier alpha value is -1.95. The fraction of sp³-hybridized carbons (Fsp3) is 0.154. The molecule has 0 atom stereocenters. The van der Waals surface area contributed by atoms with Crippen molar-refractivity contribution in [2.75, 3.05) is 5.73 Å². The molecular formula is C13H12BrN3O2. The van der Waals surface area contributed by atoms with E-state index in [2.05, 4.69) is 25.9 Å². The van der Waals surface area contributed by atoms with E-state index in [1.165, 1.54) is 0 Å². The van der Waals surface area contributed by atoms with E-state index in [1.807, 2.05) is 0 Å². The third-order valence-corrected chi connectivity index (χ3v) is 3.04. The van der Waals surface area contributed by atoms with Gasteiger partial charge in [0.1, 0.15) is 0 Å². The molecule has 0 bridgehead atoms. The molecule has 0 fully saturated rings. The fourth-order valence-corrected chi connectivity index (χ4v) is 2.00. The van der Waals surface area contributed by atoms with Gasteiger partial charge in [-0.05, 0) is 30.7 Å². The number of carbonyl (C=O) groups is 1. The second kappa shape index (κ2) is 5.79. The number of ether oxygens (including phenoxy) is 1. The SMILES string of the molecule is Cc1c(N)cc(Br)cc1C(=O)OCc1ncccn1. The Morgan fingerprint density at radius 1 is 1.37 bits per heavy atom. The highest BCUT2D eigenvalue weighted by Crippen LogP contribution is 2.23. The van der Waals surface area contributed by atoms with Crippen LogP contribution in [0.2, 0.25) is 0 Å². The predicted octanol–water partition coefficient (Wildman–Crippen LogP) is 2.49. The minimum absolute atomic E-state index is 0.0333. The summed E-state index contributed by atoms with van der Waals surface area (Å²) in [5.41, 5.74) is 7.47. The molecule has 2 N–H and O–H groups in total. The molecule has 2 rings (SSSR count). The molecule has 0 amide bonds. The summed E-state index contributed by atoms with van der Waals surface area (Å²) in [6.07, 6.45) is 3.19. The Labute approximate surface area is 119 Å². The quantitative estimate of drug-likeness (QED) is 0.694. The molecule has 6 heteroatoms. The van der Waals surface area contributed by atoms with Crippen molar-refractivity contribution >= 4 is 27.6 Å². The molecule has 0 unspecified atom stereocenters. The van der Waals surface area contributed by atoms with Crippen molar-refractivity contribution in [3.05, 3.63) is 52.0 Å². The van der Waals surface area contributed by atoms with Crippen LogP contribution in [0, 0.1) is 6.92 Å². The number of hydrogen-bond acceptors (Lipinski definition) is 5. The van der Waals surface area contributed by atoms with Crippen LogP contribution in [0.25, 0.3) is 0 Å². The van der Waals surface area contributed by atoms with Gasteiger partial charge in [0.15, 0.2) is 12.4 Å². The Morgan fingerprint density at radius 2 is 2.05 bits per heavy atom. The monoisotopic (exact) mass is 321 g/mol. The molecule has 0 aliphatic carbocycles. The number of esters is 1. The largest absolute Gasteiger partial charge is 0.454 e. The maximum atomic E-state index is 12.0. The van der Waals surface area contributed by atoms with Crippen LogP contribution < -0.4 is 5.73 Å². The van der Waals surface area contributed by atoms with Gasteiger partial charge < -0.3 is 10.5 Å². The molecule has 0 saturated heterocycles. The van der Waals surface area contributed by atoms with E-state index < -0.39 is 5.97 Å². The van der Waals surface area contributed by atoms with Gasteiger partial charge in [0.05, 0.1) is 5.56 Å². The maximum Gasteiger partial charge on any atom is 0.338 e. The van der Waals surface area contributed by atoms with Crippen LogP contribution in [0.15, 0.2) is 35.1 Å². The summed E-state index contributed by atoms with van der Waals surface area (Å²) in [5, 5.41) is 0. The van der Waals surface area contributed by atoms with Gasteiger partial charge in [0, 0.05) is 22.6 Å². The standard InChI is InChI=1S/C13H12BrN3O2/c1-8-10(5-9(14)6-11(8)15)13(18)19-7-12-16-3-2-4-17-12/h2-6H,7,15H2,1H3. The highest BCUT2D eigenvalue weighted by Gasteiger charge is 2.14. The second-order valence-corrected chi connectivity index (χ2v) is 4.82. The Bertz CT molecular complexity index is 602. The zero-order valence-corrected chi connectivity index (χ0v) is 11.8. The van der Waals surface area contributed by atoms with Crippen molar-refractivity contribution in [2.24, 2.45) is 0 Å². The van der Waals surface area contributed by atoms with Gasteiger partial charge >= 0.3 is 5.97 Å². The Morgan fingerprint density at radius 3 is 2.74 bits per heavy atom. The van der Waals surface area contributed by atoms with Crippen LogP contribution in [0.1, 0.15) is 21.7 Å². The average Bonchev–Trinajstić information content (AvgIpc) is 2.41. The third kappa shape index (κ3) is 3.29. The van der Waals surface area contributed by atoms with Crippen molar-refractivity contribution in [3.8, 4) is 0 Å². The van der Waals surface area contributed by atoms with Crippen molar-refractivity contribution in [2.45, 2.75) is 13.5 Å². The minimum Gasteiger partial charge on any atom is -0.454 e. The number of nitrogens with zero attached hydrogens (tertiary/aromatic N) is 2. The molecule has 5 nitrogen and oxygen atoms in total. The molecule has 0 aliphatic rings. The number of halogens is 1. The van der Waals surface area contributed by atoms with Crippen molar-refractivity contribution < 1.29 is 9.53 Å². The smallest absolute Gasteiger partial charge is 0.338 e. The topological polar surface area (TPSA) is 78.1 Å². The van der Waals surface area contributed by atoms with E-state index >= 15 is 0 Å². The molecule has 2 aromatic rings. The van der Waals surface area contributed by atoms with E-state index in [-0.39, 0.29) is 6.61 Å². The fourth-order valence-electron chi connectivity index (χ4n) is 1.52. The molecule has 98 valence electrons. The second-order valence-electron chi connectivity index (χ2n) is 3.91.